The molecule has 1 spiro atoms. The number of aromatic nitrogens is 2. The largest absolute Gasteiger partial charge is 0.490 e. The second kappa shape index (κ2) is 13.1. The molecule has 0 unspecified atom stereocenters. The van der Waals surface area contributed by atoms with Gasteiger partial charge in [-0.2, -0.15) is 5.10 Å². The van der Waals surface area contributed by atoms with Crippen LogP contribution in [0.25, 0.3) is 0 Å². The second-order valence-corrected chi connectivity index (χ2v) is 17.0. The van der Waals surface area contributed by atoms with Gasteiger partial charge in [-0.05, 0) is 106 Å². The third kappa shape index (κ3) is 6.47. The lowest BCUT2D eigenvalue weighted by atomic mass is 9.68. The first-order valence-electron chi connectivity index (χ1n) is 17.2. The summed E-state index contributed by atoms with van der Waals surface area (Å²) >= 11 is 6.44. The number of nitrogens with zero attached hydrogens (tertiary/aromatic N) is 4. The van der Waals surface area contributed by atoms with E-state index in [0.29, 0.717) is 41.8 Å². The van der Waals surface area contributed by atoms with E-state index in [2.05, 4.69) is 31.2 Å². The lowest BCUT2D eigenvalue weighted by molar-refractivity contribution is -0.137. The normalized spacial score (nSPS) is 29.1. The van der Waals surface area contributed by atoms with Crippen LogP contribution in [0.2, 0.25) is 5.02 Å². The second-order valence-electron chi connectivity index (χ2n) is 14.6. The predicted octanol–water partition coefficient (Wildman–Crippen LogP) is 5.31. The van der Waals surface area contributed by atoms with Crippen LogP contribution in [0.15, 0.2) is 64.0 Å². The molecule has 0 saturated heterocycles. The van der Waals surface area contributed by atoms with Crippen molar-refractivity contribution in [3.05, 3.63) is 82.2 Å². The molecular formula is C37H44ClN5O6S. The van der Waals surface area contributed by atoms with E-state index in [1.807, 2.05) is 6.07 Å². The maximum Gasteiger partial charge on any atom is 0.287 e. The minimum atomic E-state index is -3.91. The Morgan fingerprint density at radius 3 is 2.74 bits per heavy atom. The van der Waals surface area contributed by atoms with E-state index in [1.54, 1.807) is 58.2 Å². The topological polar surface area (TPSA) is 135 Å². The monoisotopic (exact) mass is 721 g/mol. The highest BCUT2D eigenvalue weighted by molar-refractivity contribution is 7.92. The molecular weight excluding hydrogens is 678 g/mol. The predicted molar refractivity (Wildman–Crippen MR) is 191 cm³/mol. The molecule has 2 aromatic carbocycles. The van der Waals surface area contributed by atoms with Gasteiger partial charge in [0.05, 0.1) is 41.2 Å². The summed E-state index contributed by atoms with van der Waals surface area (Å²) in [6.07, 6.45) is 8.98. The number of aliphatic hydroxyl groups excluding tert-OH is 1. The Morgan fingerprint density at radius 2 is 2.00 bits per heavy atom. The molecule has 2 amide bonds. The zero-order valence-electron chi connectivity index (χ0n) is 28.9. The van der Waals surface area contributed by atoms with E-state index in [4.69, 9.17) is 21.1 Å². The van der Waals surface area contributed by atoms with Gasteiger partial charge in [-0.15, -0.1) is 4.36 Å². The zero-order chi connectivity index (χ0) is 35.4. The Balaban J connectivity index is 1.37. The van der Waals surface area contributed by atoms with Crippen molar-refractivity contribution in [1.29, 1.82) is 0 Å². The molecule has 11 nitrogen and oxygen atoms in total. The number of halogens is 1. The highest BCUT2D eigenvalue weighted by Gasteiger charge is 2.44. The molecule has 3 aromatic rings. The van der Waals surface area contributed by atoms with Gasteiger partial charge >= 0.3 is 0 Å². The van der Waals surface area contributed by atoms with Gasteiger partial charge in [-0.1, -0.05) is 29.8 Å². The van der Waals surface area contributed by atoms with Crippen molar-refractivity contribution in [3.8, 4) is 5.75 Å². The number of ether oxygens (including phenoxy) is 2. The number of hydrogen-bond acceptors (Lipinski definition) is 8. The first kappa shape index (κ1) is 34.7. The molecule has 7 rings (SSSR count). The molecule has 2 bridgehead atoms. The van der Waals surface area contributed by atoms with E-state index < -0.39 is 33.4 Å². The first-order valence-corrected chi connectivity index (χ1v) is 19.1. The Hall–Kier alpha value is -3.71. The number of carbonyl (C=O) groups is 2. The Kier molecular flexibility index (Phi) is 9.11. The lowest BCUT2D eigenvalue weighted by Crippen LogP contribution is -2.49. The molecule has 13 heteroatoms. The Morgan fingerprint density at radius 1 is 1.18 bits per heavy atom. The van der Waals surface area contributed by atoms with Crippen molar-refractivity contribution in [1.82, 2.24) is 14.5 Å². The van der Waals surface area contributed by atoms with Crippen LogP contribution in [0.4, 0.5) is 5.69 Å². The van der Waals surface area contributed by atoms with Gasteiger partial charge in [0.25, 0.3) is 11.8 Å². The van der Waals surface area contributed by atoms with Crippen molar-refractivity contribution in [3.63, 3.8) is 0 Å². The van der Waals surface area contributed by atoms with Crippen molar-refractivity contribution in [2.45, 2.75) is 74.9 Å². The molecule has 3 heterocycles. The quantitative estimate of drug-likeness (QED) is 0.341. The van der Waals surface area contributed by atoms with Crippen LogP contribution in [-0.2, 0) is 38.3 Å². The number of fused-ring (bicyclic) bond motifs is 4. The lowest BCUT2D eigenvalue weighted by Gasteiger charge is -2.45. The SMILES string of the molecule is Cc1nn(C)cc1C(=O)N[S@]1(=O)=NC(=O)C(C)(C)OCC=C[C@H](O)[C@@H]2CC[C@H]2CN2C[C@@]3(CCCc4cc(Cl)ccc43)COc3ccc1cc32. The minimum Gasteiger partial charge on any atom is -0.490 e. The third-order valence-corrected chi connectivity index (χ3v) is 12.8. The van der Waals surface area contributed by atoms with Gasteiger partial charge in [0.1, 0.15) is 11.4 Å². The first-order chi connectivity index (χ1) is 23.8. The summed E-state index contributed by atoms with van der Waals surface area (Å²) in [5, 5.41) is 16.2. The number of rotatable bonds is 2. The minimum absolute atomic E-state index is 0.0410. The van der Waals surface area contributed by atoms with Crippen molar-refractivity contribution in [2.75, 3.05) is 31.2 Å². The summed E-state index contributed by atoms with van der Waals surface area (Å²) in [4.78, 5) is 29.9. The fourth-order valence-electron chi connectivity index (χ4n) is 7.84. The van der Waals surface area contributed by atoms with E-state index in [-0.39, 0.29) is 34.3 Å². The standard InChI is InChI=1S/C37H44ClN5O6S/c1-23-29(20-42(4)39-23)34(45)40-50(47)27-11-14-33-31(18-27)43(21-37(22-48-33)15-5-7-24-17-26(38)10-13-30(24)37)19-25-9-12-28(25)32(44)8-6-16-49-36(2,3)35(46)41-50/h6,8,10-11,13-14,17-18,20,25,28,32,44H,5,7,9,12,15-16,19,21-22H2,1-4H3,(H,40,41,45,46,47)/t25-,28+,32-,37-,50-/m0/s1. The van der Waals surface area contributed by atoms with Crippen LogP contribution in [-0.4, -0.2) is 68.9 Å². The summed E-state index contributed by atoms with van der Waals surface area (Å²) in [5.41, 5.74) is 1.97. The van der Waals surface area contributed by atoms with Gasteiger partial charge < -0.3 is 19.5 Å². The van der Waals surface area contributed by atoms with Crippen molar-refractivity contribution >= 4 is 39.0 Å². The number of hydrogen-bond donors (Lipinski definition) is 2. The fourth-order valence-corrected chi connectivity index (χ4v) is 9.64. The summed E-state index contributed by atoms with van der Waals surface area (Å²) in [7, 11) is -2.22. The average molecular weight is 722 g/mol. The molecule has 1 aromatic heterocycles. The molecule has 2 N–H and O–H groups in total. The van der Waals surface area contributed by atoms with Gasteiger partial charge in [0.15, 0.2) is 9.92 Å². The zero-order valence-corrected chi connectivity index (χ0v) is 30.4. The average Bonchev–Trinajstić information content (AvgIpc) is 3.32. The van der Waals surface area contributed by atoms with E-state index >= 15 is 4.21 Å². The van der Waals surface area contributed by atoms with Gasteiger partial charge in [-0.3, -0.25) is 19.0 Å². The van der Waals surface area contributed by atoms with Crippen LogP contribution in [0, 0.1) is 18.8 Å². The van der Waals surface area contributed by atoms with Gasteiger partial charge in [-0.25, -0.2) is 4.21 Å². The summed E-state index contributed by atoms with van der Waals surface area (Å²) in [5.74, 6) is -0.637. The van der Waals surface area contributed by atoms with Gasteiger partial charge in [0.2, 0.25) is 0 Å². The molecule has 5 atom stereocenters. The number of nitrogens with one attached hydrogen (secondary N) is 1. The fraction of sp³-hybridized carbons (Fsp3) is 0.486. The molecule has 2 aliphatic heterocycles. The van der Waals surface area contributed by atoms with Gasteiger partial charge in [0, 0.05) is 36.8 Å². The molecule has 0 radical (unpaired) electrons. The number of amides is 2. The Labute approximate surface area is 298 Å². The van der Waals surface area contributed by atoms with Crippen molar-refractivity contribution < 1.29 is 28.4 Å². The maximum atomic E-state index is 15.1. The van der Waals surface area contributed by atoms with Crippen LogP contribution in [0.5, 0.6) is 5.75 Å². The molecule has 266 valence electrons. The molecule has 50 heavy (non-hydrogen) atoms. The third-order valence-electron chi connectivity index (χ3n) is 10.8. The van der Waals surface area contributed by atoms with E-state index in [1.165, 1.54) is 22.0 Å². The van der Waals surface area contributed by atoms with Crippen LogP contribution >= 0.6 is 11.6 Å². The number of aryl methyl sites for hydroxylation is 3. The van der Waals surface area contributed by atoms with Crippen LogP contribution < -0.4 is 14.4 Å². The molecule has 1 saturated carbocycles. The van der Waals surface area contributed by atoms with Crippen LogP contribution in [0.1, 0.15) is 66.7 Å². The molecule has 2 aliphatic carbocycles. The molecule has 4 aliphatic rings. The van der Waals surface area contributed by atoms with Crippen molar-refractivity contribution in [2.24, 2.45) is 23.2 Å². The molecule has 1 fully saturated rings. The smallest absolute Gasteiger partial charge is 0.287 e. The number of benzene rings is 2. The Bertz CT molecular complexity index is 2000. The number of aliphatic hydroxyl groups is 1. The highest BCUT2D eigenvalue weighted by Crippen LogP contribution is 2.47. The van der Waals surface area contributed by atoms with Crippen LogP contribution in [0.3, 0.4) is 0 Å². The summed E-state index contributed by atoms with van der Waals surface area (Å²) in [6.45, 7) is 6.49. The highest BCUT2D eigenvalue weighted by atomic mass is 35.5. The summed E-state index contributed by atoms with van der Waals surface area (Å²) < 4.78 is 35.9. The maximum absolute atomic E-state index is 15.1. The summed E-state index contributed by atoms with van der Waals surface area (Å²) in [6, 6.07) is 11.2. The van der Waals surface area contributed by atoms with E-state index in [9.17, 15) is 14.7 Å². The number of carbonyl (C=O) groups excluding carboxylic acids is 2. The van der Waals surface area contributed by atoms with E-state index in [0.717, 1.165) is 32.1 Å². The number of anilines is 1.